The summed E-state index contributed by atoms with van der Waals surface area (Å²) in [6.07, 6.45) is 0.792. The number of amides is 2. The molecule has 1 aromatic rings. The number of aromatic nitrogens is 1. The summed E-state index contributed by atoms with van der Waals surface area (Å²) in [4.78, 5) is 25.6. The fourth-order valence-electron chi connectivity index (χ4n) is 0.947. The van der Waals surface area contributed by atoms with Crippen molar-refractivity contribution in [3.8, 4) is 0 Å². The highest BCUT2D eigenvalue weighted by Gasteiger charge is 2.08. The van der Waals surface area contributed by atoms with Gasteiger partial charge in [0, 0.05) is 18.3 Å². The Bertz CT molecular complexity index is 363. The number of thiazole rings is 1. The number of carbonyl (C=O) groups is 2. The highest BCUT2D eigenvalue weighted by molar-refractivity contribution is 7.13. The van der Waals surface area contributed by atoms with E-state index >= 15 is 0 Å². The quantitative estimate of drug-likeness (QED) is 0.602. The average Bonchev–Trinajstić information content (AvgIpc) is 2.59. The summed E-state index contributed by atoms with van der Waals surface area (Å²) in [6.45, 7) is 0.402. The molecule has 0 atom stereocenters. The third kappa shape index (κ3) is 3.94. The molecule has 1 aromatic heterocycles. The summed E-state index contributed by atoms with van der Waals surface area (Å²) in [5, 5.41) is 4.55. The summed E-state index contributed by atoms with van der Waals surface area (Å²) in [5.41, 5.74) is 10.6. The first-order valence-electron chi connectivity index (χ1n) is 4.37. The lowest BCUT2D eigenvalue weighted by molar-refractivity contribution is -0.118. The molecule has 0 aliphatic rings. The largest absolute Gasteiger partial charge is 0.375 e. The SMILES string of the molecule is NC(=O)CCCNC(=O)c1csc(N)n1. The second-order valence-electron chi connectivity index (χ2n) is 2.90. The molecule has 15 heavy (non-hydrogen) atoms. The van der Waals surface area contributed by atoms with Gasteiger partial charge in [-0.25, -0.2) is 4.98 Å². The van der Waals surface area contributed by atoms with Crippen molar-refractivity contribution < 1.29 is 9.59 Å². The van der Waals surface area contributed by atoms with Crippen LogP contribution in [0.25, 0.3) is 0 Å². The number of nitrogens with two attached hydrogens (primary N) is 2. The van der Waals surface area contributed by atoms with Crippen molar-refractivity contribution in [3.05, 3.63) is 11.1 Å². The van der Waals surface area contributed by atoms with Gasteiger partial charge in [0.25, 0.3) is 5.91 Å². The van der Waals surface area contributed by atoms with Crippen LogP contribution >= 0.6 is 11.3 Å². The van der Waals surface area contributed by atoms with Crippen molar-refractivity contribution in [2.45, 2.75) is 12.8 Å². The maximum atomic E-state index is 11.4. The van der Waals surface area contributed by atoms with E-state index in [9.17, 15) is 9.59 Å². The molecule has 5 N–H and O–H groups in total. The van der Waals surface area contributed by atoms with Crippen molar-refractivity contribution in [2.75, 3.05) is 12.3 Å². The van der Waals surface area contributed by atoms with Gasteiger partial charge in [0.1, 0.15) is 5.69 Å². The molecule has 0 saturated carbocycles. The van der Waals surface area contributed by atoms with E-state index in [-0.39, 0.29) is 18.2 Å². The van der Waals surface area contributed by atoms with Crippen LogP contribution in [0.15, 0.2) is 5.38 Å². The van der Waals surface area contributed by atoms with Gasteiger partial charge < -0.3 is 16.8 Å². The number of anilines is 1. The van der Waals surface area contributed by atoms with Gasteiger partial charge in [-0.1, -0.05) is 0 Å². The summed E-state index contributed by atoms with van der Waals surface area (Å²) in [7, 11) is 0. The molecule has 0 aliphatic heterocycles. The Morgan fingerprint density at radius 2 is 2.27 bits per heavy atom. The maximum absolute atomic E-state index is 11.4. The van der Waals surface area contributed by atoms with Gasteiger partial charge in [0.2, 0.25) is 5.91 Å². The molecule has 7 heteroatoms. The van der Waals surface area contributed by atoms with Crippen LogP contribution in [0.2, 0.25) is 0 Å². The first kappa shape index (κ1) is 11.4. The van der Waals surface area contributed by atoms with Crippen molar-refractivity contribution in [3.63, 3.8) is 0 Å². The van der Waals surface area contributed by atoms with Crippen molar-refractivity contribution in [2.24, 2.45) is 5.73 Å². The van der Waals surface area contributed by atoms with E-state index in [2.05, 4.69) is 10.3 Å². The van der Waals surface area contributed by atoms with Crippen LogP contribution in [-0.2, 0) is 4.79 Å². The Morgan fingerprint density at radius 3 is 2.80 bits per heavy atom. The Labute approximate surface area is 90.7 Å². The Morgan fingerprint density at radius 1 is 1.53 bits per heavy atom. The van der Waals surface area contributed by atoms with Crippen LogP contribution in [-0.4, -0.2) is 23.3 Å². The molecule has 6 nitrogen and oxygen atoms in total. The minimum atomic E-state index is -0.373. The van der Waals surface area contributed by atoms with Gasteiger partial charge in [-0.3, -0.25) is 9.59 Å². The fraction of sp³-hybridized carbons (Fsp3) is 0.375. The summed E-state index contributed by atoms with van der Waals surface area (Å²) < 4.78 is 0. The molecular formula is C8H12N4O2S. The monoisotopic (exact) mass is 228 g/mol. The van der Waals surface area contributed by atoms with E-state index in [4.69, 9.17) is 11.5 Å². The molecule has 2 amide bonds. The normalized spacial score (nSPS) is 9.87. The molecule has 0 aliphatic carbocycles. The number of nitrogens with one attached hydrogen (secondary N) is 1. The smallest absolute Gasteiger partial charge is 0.270 e. The van der Waals surface area contributed by atoms with E-state index in [1.807, 2.05) is 0 Å². The van der Waals surface area contributed by atoms with E-state index in [0.717, 1.165) is 0 Å². The van der Waals surface area contributed by atoms with Gasteiger partial charge >= 0.3 is 0 Å². The summed E-state index contributed by atoms with van der Waals surface area (Å²) in [5.74, 6) is -0.658. The van der Waals surface area contributed by atoms with Gasteiger partial charge in [-0.05, 0) is 6.42 Å². The van der Waals surface area contributed by atoms with Crippen LogP contribution < -0.4 is 16.8 Å². The first-order valence-corrected chi connectivity index (χ1v) is 5.25. The van der Waals surface area contributed by atoms with Crippen LogP contribution in [0.5, 0.6) is 0 Å². The van der Waals surface area contributed by atoms with Crippen LogP contribution in [0.4, 0.5) is 5.13 Å². The molecule has 0 aromatic carbocycles. The summed E-state index contributed by atoms with van der Waals surface area (Å²) >= 11 is 1.21. The fourth-order valence-corrected chi connectivity index (χ4v) is 1.49. The number of nitrogens with zero attached hydrogens (tertiary/aromatic N) is 1. The Hall–Kier alpha value is -1.63. The number of primary amides is 1. The minimum Gasteiger partial charge on any atom is -0.375 e. The van der Waals surface area contributed by atoms with Crippen LogP contribution in [0, 0.1) is 0 Å². The van der Waals surface area contributed by atoms with Crippen LogP contribution in [0.1, 0.15) is 23.3 Å². The lowest BCUT2D eigenvalue weighted by Crippen LogP contribution is -2.25. The van der Waals surface area contributed by atoms with E-state index in [0.29, 0.717) is 23.8 Å². The van der Waals surface area contributed by atoms with Crippen molar-refractivity contribution in [1.29, 1.82) is 0 Å². The average molecular weight is 228 g/mol. The highest BCUT2D eigenvalue weighted by Crippen LogP contribution is 2.10. The summed E-state index contributed by atoms with van der Waals surface area (Å²) in [6, 6.07) is 0. The van der Waals surface area contributed by atoms with Crippen molar-refractivity contribution in [1.82, 2.24) is 10.3 Å². The zero-order valence-corrected chi connectivity index (χ0v) is 8.84. The Kier molecular flexibility index (Phi) is 4.04. The van der Waals surface area contributed by atoms with Crippen LogP contribution in [0.3, 0.4) is 0 Å². The molecular weight excluding hydrogens is 216 g/mol. The lowest BCUT2D eigenvalue weighted by atomic mass is 10.3. The molecule has 0 radical (unpaired) electrons. The topological polar surface area (TPSA) is 111 Å². The second kappa shape index (κ2) is 5.30. The molecule has 0 fully saturated rings. The lowest BCUT2D eigenvalue weighted by Gasteiger charge is -2.00. The molecule has 1 heterocycles. The number of rotatable bonds is 5. The van der Waals surface area contributed by atoms with Gasteiger partial charge in [0.05, 0.1) is 0 Å². The third-order valence-electron chi connectivity index (χ3n) is 1.64. The van der Waals surface area contributed by atoms with E-state index in [1.54, 1.807) is 5.38 Å². The highest BCUT2D eigenvalue weighted by atomic mass is 32.1. The molecule has 82 valence electrons. The third-order valence-corrected chi connectivity index (χ3v) is 2.31. The van der Waals surface area contributed by atoms with Gasteiger partial charge in [-0.15, -0.1) is 11.3 Å². The first-order chi connectivity index (χ1) is 7.09. The van der Waals surface area contributed by atoms with E-state index in [1.165, 1.54) is 11.3 Å². The molecule has 0 spiro atoms. The standard InChI is InChI=1S/C8H12N4O2S/c9-6(13)2-1-3-11-7(14)5-4-15-8(10)12-5/h4H,1-3H2,(H2,9,13)(H2,10,12)(H,11,14). The van der Waals surface area contributed by atoms with Gasteiger partial charge in [0.15, 0.2) is 5.13 Å². The molecule has 0 unspecified atom stereocenters. The van der Waals surface area contributed by atoms with Crippen molar-refractivity contribution >= 4 is 28.3 Å². The molecule has 0 saturated heterocycles. The number of hydrogen-bond acceptors (Lipinski definition) is 5. The number of hydrogen-bond donors (Lipinski definition) is 3. The number of carbonyl (C=O) groups excluding carboxylic acids is 2. The maximum Gasteiger partial charge on any atom is 0.270 e. The molecule has 0 bridgehead atoms. The van der Waals surface area contributed by atoms with E-state index < -0.39 is 0 Å². The predicted molar refractivity (Wildman–Crippen MR) is 57.3 cm³/mol. The predicted octanol–water partition coefficient (Wildman–Crippen LogP) is -0.279. The zero-order chi connectivity index (χ0) is 11.3. The molecule has 1 rings (SSSR count). The van der Waals surface area contributed by atoms with Gasteiger partial charge in [-0.2, -0.15) is 0 Å². The second-order valence-corrected chi connectivity index (χ2v) is 3.79. The minimum absolute atomic E-state index is 0.263. The Balaban J connectivity index is 2.28. The zero-order valence-electron chi connectivity index (χ0n) is 8.03. The number of nitrogen functional groups attached to an aromatic ring is 1.